The Hall–Kier alpha value is -0.800. The third-order valence-electron chi connectivity index (χ3n) is 8.17. The summed E-state index contributed by atoms with van der Waals surface area (Å²) in [6.45, 7) is -1.25. The van der Waals surface area contributed by atoms with Crippen molar-refractivity contribution >= 4 is 0 Å². The summed E-state index contributed by atoms with van der Waals surface area (Å²) < 4.78 is 39.0. The summed E-state index contributed by atoms with van der Waals surface area (Å²) in [5.74, 6) is 0. The average molecular weight is 651 g/mol. The minimum Gasteiger partial charge on any atom is -0.394 e. The molecule has 0 spiro atoms. The van der Waals surface area contributed by atoms with Crippen molar-refractivity contribution in [1.82, 2.24) is 0 Å². The maximum Gasteiger partial charge on any atom is 0.187 e. The highest BCUT2D eigenvalue weighted by Crippen LogP contribution is 2.35. The molecular weight excluding hydrogens is 608 g/mol. The smallest absolute Gasteiger partial charge is 0.187 e. The molecule has 20 heteroatoms. The highest BCUT2D eigenvalue weighted by molar-refractivity contribution is 4.98. The third-order valence-corrected chi connectivity index (χ3v) is 8.17. The molecule has 4 aliphatic heterocycles. The topological polar surface area (TPSA) is 328 Å². The minimum atomic E-state index is -1.98. The van der Waals surface area contributed by atoms with Gasteiger partial charge in [-0.25, -0.2) is 0 Å². The first-order valence-corrected chi connectivity index (χ1v) is 14.0. The monoisotopic (exact) mass is 650 g/mol. The van der Waals surface area contributed by atoms with E-state index in [-0.39, 0.29) is 0 Å². The molecule has 0 aromatic carbocycles. The molecule has 0 radical (unpaired) electrons. The Balaban J connectivity index is 1.69. The number of hydrogen-bond donors (Lipinski definition) is 13. The van der Waals surface area contributed by atoms with Gasteiger partial charge < -0.3 is 99.5 Å². The van der Waals surface area contributed by atoms with Gasteiger partial charge in [0.05, 0.1) is 25.9 Å². The Morgan fingerprint density at radius 3 is 1.48 bits per heavy atom. The van der Waals surface area contributed by atoms with Crippen molar-refractivity contribution in [3.63, 3.8) is 0 Å². The predicted molar refractivity (Wildman–Crippen MR) is 132 cm³/mol. The zero-order chi connectivity index (χ0) is 32.6. The van der Waals surface area contributed by atoms with Crippen LogP contribution in [0.15, 0.2) is 0 Å². The van der Waals surface area contributed by atoms with E-state index in [0.29, 0.717) is 0 Å². The normalized spacial score (nSPS) is 53.9. The third kappa shape index (κ3) is 7.05. The van der Waals surface area contributed by atoms with E-state index in [2.05, 4.69) is 0 Å². The molecule has 4 rings (SSSR count). The molecule has 44 heavy (non-hydrogen) atoms. The molecule has 0 aliphatic carbocycles. The van der Waals surface area contributed by atoms with E-state index in [9.17, 15) is 66.4 Å². The molecule has 4 fully saturated rings. The molecule has 0 bridgehead atoms. The van der Waals surface area contributed by atoms with Gasteiger partial charge in [-0.1, -0.05) is 0 Å². The predicted octanol–water partition coefficient (Wildman–Crippen LogP) is -8.72. The second-order valence-electron chi connectivity index (χ2n) is 11.1. The van der Waals surface area contributed by atoms with Gasteiger partial charge in [0, 0.05) is 0 Å². The fourth-order valence-corrected chi connectivity index (χ4v) is 5.46. The summed E-state index contributed by atoms with van der Waals surface area (Å²) in [6, 6.07) is 0. The van der Waals surface area contributed by atoms with Crippen molar-refractivity contribution in [3.8, 4) is 0 Å². The first-order valence-electron chi connectivity index (χ1n) is 14.0. The average Bonchev–Trinajstić information content (AvgIpc) is 3.01. The van der Waals surface area contributed by atoms with E-state index in [0.717, 1.165) is 0 Å². The first-order chi connectivity index (χ1) is 20.7. The summed E-state index contributed by atoms with van der Waals surface area (Å²) in [7, 11) is 0. The molecule has 20 atom stereocenters. The van der Waals surface area contributed by atoms with Gasteiger partial charge in [0.15, 0.2) is 25.2 Å². The van der Waals surface area contributed by atoms with Gasteiger partial charge in [0.1, 0.15) is 91.6 Å². The van der Waals surface area contributed by atoms with Crippen molar-refractivity contribution < 1.29 is 99.5 Å². The second kappa shape index (κ2) is 15.0. The van der Waals surface area contributed by atoms with Crippen LogP contribution in [0.2, 0.25) is 0 Å². The van der Waals surface area contributed by atoms with Gasteiger partial charge >= 0.3 is 0 Å². The molecule has 4 saturated heterocycles. The van der Waals surface area contributed by atoms with Gasteiger partial charge in [0.2, 0.25) is 0 Å². The Labute approximate surface area is 249 Å². The number of rotatable bonds is 9. The maximum atomic E-state index is 11.1. The highest BCUT2D eigenvalue weighted by atomic mass is 16.8. The second-order valence-corrected chi connectivity index (χ2v) is 11.1. The summed E-state index contributed by atoms with van der Waals surface area (Å²) in [6.07, 6.45) is -35.1. The summed E-state index contributed by atoms with van der Waals surface area (Å²) in [5.41, 5.74) is 0. The van der Waals surface area contributed by atoms with Crippen molar-refractivity contribution in [2.24, 2.45) is 0 Å². The number of aliphatic hydroxyl groups is 13. The first kappa shape index (κ1) is 36.0. The molecular formula is C24H42O20. The molecule has 0 saturated carbocycles. The lowest BCUT2D eigenvalue weighted by atomic mass is 9.95. The molecule has 258 valence electrons. The molecule has 0 aromatic heterocycles. The van der Waals surface area contributed by atoms with Crippen LogP contribution in [0.25, 0.3) is 0 Å². The minimum absolute atomic E-state index is 0.831. The van der Waals surface area contributed by atoms with Crippen molar-refractivity contribution in [3.05, 3.63) is 0 Å². The highest BCUT2D eigenvalue weighted by Gasteiger charge is 2.56. The van der Waals surface area contributed by atoms with Crippen LogP contribution in [-0.4, -0.2) is 209 Å². The van der Waals surface area contributed by atoms with Crippen molar-refractivity contribution in [1.29, 1.82) is 0 Å². The van der Waals surface area contributed by atoms with Crippen molar-refractivity contribution in [2.45, 2.75) is 130 Å². The molecule has 4 heterocycles. The summed E-state index contributed by atoms with van der Waals surface area (Å²) >= 11 is 0. The van der Waals surface area contributed by atoms with Crippen LogP contribution in [0.1, 0.15) is 6.92 Å². The van der Waals surface area contributed by atoms with E-state index in [1.54, 1.807) is 0 Å². The summed E-state index contributed by atoms with van der Waals surface area (Å²) in [4.78, 5) is 0. The number of aliphatic hydroxyl groups excluding tert-OH is 13. The summed E-state index contributed by atoms with van der Waals surface area (Å²) in [5, 5.41) is 133. The largest absolute Gasteiger partial charge is 0.394 e. The lowest BCUT2D eigenvalue weighted by Gasteiger charge is -2.50. The van der Waals surface area contributed by atoms with Gasteiger partial charge in [-0.05, 0) is 6.92 Å². The Morgan fingerprint density at radius 1 is 0.409 bits per heavy atom. The molecule has 4 aliphatic rings. The molecule has 0 aromatic rings. The number of ether oxygens (including phenoxy) is 7. The van der Waals surface area contributed by atoms with Gasteiger partial charge in [-0.2, -0.15) is 0 Å². The number of hydrogen-bond acceptors (Lipinski definition) is 20. The SMILES string of the molecule is C[C@@H]1O[C@@H](O[C@H]2[C@H](O[C@H]3[C@H](O)[C@@H](O)C(O)O[C@@H]3CO)O[C@H](CO)[C@H](O)[C@@H]2O[C@H]2O[C@H](CO)[C@H](O)[C@H](O)[C@H]2O)[C@@H](O)[C@H](O)[C@@H]1O. The van der Waals surface area contributed by atoms with Gasteiger partial charge in [-0.15, -0.1) is 0 Å². The van der Waals surface area contributed by atoms with Crippen LogP contribution in [0, 0.1) is 0 Å². The van der Waals surface area contributed by atoms with Crippen molar-refractivity contribution in [2.75, 3.05) is 19.8 Å². The van der Waals surface area contributed by atoms with E-state index < -0.39 is 143 Å². The maximum absolute atomic E-state index is 11.1. The quantitative estimate of drug-likeness (QED) is 0.110. The van der Waals surface area contributed by atoms with Crippen LogP contribution in [0.4, 0.5) is 0 Å². The lowest BCUT2D eigenvalue weighted by Crippen LogP contribution is -2.68. The van der Waals surface area contributed by atoms with E-state index in [1.165, 1.54) is 6.92 Å². The van der Waals surface area contributed by atoms with E-state index in [4.69, 9.17) is 33.2 Å². The Kier molecular flexibility index (Phi) is 12.3. The molecule has 1 unspecified atom stereocenters. The Morgan fingerprint density at radius 2 is 0.886 bits per heavy atom. The fourth-order valence-electron chi connectivity index (χ4n) is 5.46. The van der Waals surface area contributed by atoms with Crippen LogP contribution in [0.5, 0.6) is 0 Å². The van der Waals surface area contributed by atoms with Crippen LogP contribution >= 0.6 is 0 Å². The lowest BCUT2D eigenvalue weighted by molar-refractivity contribution is -0.404. The molecule has 13 N–H and O–H groups in total. The van der Waals surface area contributed by atoms with Crippen LogP contribution in [0.3, 0.4) is 0 Å². The standard InChI is InChI=1S/C24H42O20/c1-5-9(28)12(31)16(35)22(38-5)44-20-19(43-23-17(36)13(32)10(29)6(2-25)40-23)11(30)7(3-26)41-24(20)42-18-8(4-27)39-21(37)15(34)14(18)33/h5-37H,2-4H2,1H3/t5-,6+,7+,8+,9+,10-,11-,12+,13-,14+,15+,16-,17+,18+,19-,20+,21?,22-,23+,24-/m0/s1. The van der Waals surface area contributed by atoms with E-state index >= 15 is 0 Å². The van der Waals surface area contributed by atoms with Gasteiger partial charge in [0.25, 0.3) is 0 Å². The van der Waals surface area contributed by atoms with Gasteiger partial charge in [-0.3, -0.25) is 0 Å². The Bertz CT molecular complexity index is 898. The van der Waals surface area contributed by atoms with Crippen LogP contribution < -0.4 is 0 Å². The zero-order valence-corrected chi connectivity index (χ0v) is 23.3. The zero-order valence-electron chi connectivity index (χ0n) is 23.3. The fraction of sp³-hybridized carbons (Fsp3) is 1.00. The van der Waals surface area contributed by atoms with E-state index in [1.807, 2.05) is 0 Å². The molecule has 0 amide bonds. The molecule has 20 nitrogen and oxygen atoms in total. The van der Waals surface area contributed by atoms with Crippen LogP contribution in [-0.2, 0) is 33.2 Å².